The first-order valence-electron chi connectivity index (χ1n) is 11.3. The van der Waals surface area contributed by atoms with Gasteiger partial charge in [-0.1, -0.05) is 39.3 Å². The number of likely N-dealkylation sites (tertiary alicyclic amines) is 1. The second-order valence-corrected chi connectivity index (χ2v) is 10.1. The molecule has 2 heterocycles. The molecule has 0 radical (unpaired) electrons. The van der Waals surface area contributed by atoms with Crippen LogP contribution in [0.25, 0.3) is 0 Å². The maximum absolute atomic E-state index is 13.8. The van der Waals surface area contributed by atoms with Crippen molar-refractivity contribution < 1.29 is 9.53 Å². The Morgan fingerprint density at radius 2 is 1.86 bits per heavy atom. The molecule has 0 saturated carbocycles. The van der Waals surface area contributed by atoms with E-state index in [1.54, 1.807) is 0 Å². The van der Waals surface area contributed by atoms with Crippen LogP contribution in [-0.2, 0) is 4.79 Å². The third-order valence-electron chi connectivity index (χ3n) is 6.58. The molecule has 1 aromatic carbocycles. The second kappa shape index (κ2) is 9.70. The lowest BCUT2D eigenvalue weighted by Crippen LogP contribution is -2.61. The van der Waals surface area contributed by atoms with Crippen molar-refractivity contribution in [2.24, 2.45) is 17.8 Å². The molecule has 1 aromatic rings. The lowest BCUT2D eigenvalue weighted by atomic mass is 9.81. The van der Waals surface area contributed by atoms with Crippen LogP contribution in [0.4, 0.5) is 0 Å². The van der Waals surface area contributed by atoms with E-state index >= 15 is 0 Å². The minimum atomic E-state index is -0.788. The fourth-order valence-electron chi connectivity index (χ4n) is 4.90. The van der Waals surface area contributed by atoms with Crippen LogP contribution in [-0.4, -0.2) is 42.1 Å². The molecule has 2 saturated heterocycles. The van der Waals surface area contributed by atoms with Crippen molar-refractivity contribution in [1.82, 2.24) is 10.2 Å². The third-order valence-corrected chi connectivity index (χ3v) is 6.83. The first-order valence-corrected chi connectivity index (χ1v) is 11.6. The Balaban J connectivity index is 1.80. The zero-order valence-corrected chi connectivity index (χ0v) is 19.2. The van der Waals surface area contributed by atoms with Crippen molar-refractivity contribution in [3.05, 3.63) is 29.3 Å². The topological polar surface area (TPSA) is 41.6 Å². The Kier molecular flexibility index (Phi) is 7.50. The Morgan fingerprint density at radius 3 is 2.45 bits per heavy atom. The smallest absolute Gasteiger partial charge is 0.266 e. The van der Waals surface area contributed by atoms with E-state index in [-0.39, 0.29) is 5.91 Å². The van der Waals surface area contributed by atoms with Gasteiger partial charge < -0.3 is 15.0 Å². The van der Waals surface area contributed by atoms with Gasteiger partial charge in [-0.15, -0.1) is 0 Å². The molecule has 162 valence electrons. The van der Waals surface area contributed by atoms with Crippen molar-refractivity contribution in [3.63, 3.8) is 0 Å². The van der Waals surface area contributed by atoms with Gasteiger partial charge in [0, 0.05) is 37.0 Å². The van der Waals surface area contributed by atoms with Crippen LogP contribution in [0.2, 0.25) is 5.02 Å². The first kappa shape index (κ1) is 22.4. The zero-order valence-electron chi connectivity index (χ0n) is 18.4. The summed E-state index contributed by atoms with van der Waals surface area (Å²) in [5, 5.41) is 4.29. The van der Waals surface area contributed by atoms with E-state index in [4.69, 9.17) is 16.3 Å². The second-order valence-electron chi connectivity index (χ2n) is 9.66. The molecule has 29 heavy (non-hydrogen) atoms. The van der Waals surface area contributed by atoms with E-state index in [1.165, 1.54) is 0 Å². The Hall–Kier alpha value is -1.26. The van der Waals surface area contributed by atoms with Crippen molar-refractivity contribution in [3.8, 4) is 5.75 Å². The number of hydrogen-bond acceptors (Lipinski definition) is 3. The van der Waals surface area contributed by atoms with E-state index in [1.807, 2.05) is 24.3 Å². The standard InChI is InChI=1S/C24H37ClN2O2/c1-17(2)15-21-16-24(11-12-26-21,29-22-7-5-20(25)6-8-22)23(28)27-13-9-19(10-14-27)18(3)4/h5-8,17-19,21,26H,9-16H2,1-4H3. The summed E-state index contributed by atoms with van der Waals surface area (Å²) >= 11 is 6.05. The highest BCUT2D eigenvalue weighted by Crippen LogP contribution is 2.35. The third kappa shape index (κ3) is 5.67. The molecule has 0 spiro atoms. The summed E-state index contributed by atoms with van der Waals surface area (Å²) in [6, 6.07) is 7.71. The SMILES string of the molecule is CC(C)CC1CC(Oc2ccc(Cl)cc2)(C(=O)N2CCC(C(C)C)CC2)CCN1. The number of benzene rings is 1. The monoisotopic (exact) mass is 420 g/mol. The van der Waals surface area contributed by atoms with Crippen LogP contribution in [0.5, 0.6) is 5.75 Å². The summed E-state index contributed by atoms with van der Waals surface area (Å²) in [4.78, 5) is 15.9. The molecule has 2 aliphatic rings. The average Bonchev–Trinajstić information content (AvgIpc) is 2.69. The normalized spacial score (nSPS) is 26.2. The van der Waals surface area contributed by atoms with Crippen molar-refractivity contribution in [2.45, 2.75) is 71.4 Å². The molecule has 0 aliphatic carbocycles. The molecular weight excluding hydrogens is 384 g/mol. The molecule has 2 aliphatic heterocycles. The van der Waals surface area contributed by atoms with Crippen LogP contribution in [0.3, 0.4) is 0 Å². The number of nitrogens with zero attached hydrogens (tertiary/aromatic N) is 1. The van der Waals surface area contributed by atoms with Gasteiger partial charge in [0.25, 0.3) is 5.91 Å². The predicted molar refractivity (Wildman–Crippen MR) is 119 cm³/mol. The summed E-state index contributed by atoms with van der Waals surface area (Å²) in [5.74, 6) is 2.88. The molecule has 4 nitrogen and oxygen atoms in total. The summed E-state index contributed by atoms with van der Waals surface area (Å²) in [6.07, 6.45) is 4.65. The first-order chi connectivity index (χ1) is 13.8. The molecular formula is C24H37ClN2O2. The van der Waals surface area contributed by atoms with E-state index in [2.05, 4.69) is 37.9 Å². The Labute approximate surface area is 181 Å². The number of rotatable bonds is 6. The molecule has 2 fully saturated rings. The lowest BCUT2D eigenvalue weighted by Gasteiger charge is -2.45. The van der Waals surface area contributed by atoms with Crippen LogP contribution in [0.1, 0.15) is 59.8 Å². The number of hydrogen-bond donors (Lipinski definition) is 1. The van der Waals surface area contributed by atoms with Crippen LogP contribution in [0.15, 0.2) is 24.3 Å². The van der Waals surface area contributed by atoms with Gasteiger partial charge in [-0.2, -0.15) is 0 Å². The van der Waals surface area contributed by atoms with Gasteiger partial charge >= 0.3 is 0 Å². The van der Waals surface area contributed by atoms with Crippen molar-refractivity contribution in [2.75, 3.05) is 19.6 Å². The van der Waals surface area contributed by atoms with Crippen LogP contribution < -0.4 is 10.1 Å². The molecule has 1 amide bonds. The van der Waals surface area contributed by atoms with Gasteiger partial charge in [-0.05, 0) is 67.8 Å². The minimum Gasteiger partial charge on any atom is -0.477 e. The quantitative estimate of drug-likeness (QED) is 0.691. The number of piperidine rings is 2. The predicted octanol–water partition coefficient (Wildman–Crippen LogP) is 5.15. The molecule has 1 N–H and O–H groups in total. The van der Waals surface area contributed by atoms with Gasteiger partial charge in [-0.3, -0.25) is 4.79 Å². The maximum Gasteiger partial charge on any atom is 0.266 e. The molecule has 0 bridgehead atoms. The number of amides is 1. The summed E-state index contributed by atoms with van der Waals surface area (Å²) < 4.78 is 6.51. The van der Waals surface area contributed by atoms with Crippen molar-refractivity contribution in [1.29, 1.82) is 0 Å². The van der Waals surface area contributed by atoms with Gasteiger partial charge in [0.15, 0.2) is 5.60 Å². The highest BCUT2D eigenvalue weighted by molar-refractivity contribution is 6.30. The summed E-state index contributed by atoms with van der Waals surface area (Å²) in [5.41, 5.74) is -0.788. The fourth-order valence-corrected chi connectivity index (χ4v) is 5.03. The number of carbonyl (C=O) groups excluding carboxylic acids is 1. The van der Waals surface area contributed by atoms with Crippen LogP contribution in [0, 0.1) is 17.8 Å². The fraction of sp³-hybridized carbons (Fsp3) is 0.708. The summed E-state index contributed by atoms with van der Waals surface area (Å²) in [6.45, 7) is 11.5. The number of halogens is 1. The van der Waals surface area contributed by atoms with Gasteiger partial charge in [0.1, 0.15) is 5.75 Å². The Bertz CT molecular complexity index is 668. The minimum absolute atomic E-state index is 0.171. The number of carbonyl (C=O) groups is 1. The van der Waals surface area contributed by atoms with E-state index in [9.17, 15) is 4.79 Å². The largest absolute Gasteiger partial charge is 0.477 e. The van der Waals surface area contributed by atoms with Crippen molar-refractivity contribution >= 4 is 17.5 Å². The zero-order chi connectivity index (χ0) is 21.0. The lowest BCUT2D eigenvalue weighted by molar-refractivity contribution is -0.153. The molecule has 5 heteroatoms. The highest BCUT2D eigenvalue weighted by atomic mass is 35.5. The van der Waals surface area contributed by atoms with Gasteiger partial charge in [0.05, 0.1) is 0 Å². The maximum atomic E-state index is 13.8. The Morgan fingerprint density at radius 1 is 1.21 bits per heavy atom. The van der Waals surface area contributed by atoms with E-state index < -0.39 is 5.60 Å². The van der Waals surface area contributed by atoms with E-state index in [0.717, 1.165) is 51.1 Å². The molecule has 3 rings (SSSR count). The molecule has 0 aromatic heterocycles. The highest BCUT2D eigenvalue weighted by Gasteiger charge is 2.47. The van der Waals surface area contributed by atoms with Crippen LogP contribution >= 0.6 is 11.6 Å². The summed E-state index contributed by atoms with van der Waals surface area (Å²) in [7, 11) is 0. The number of ether oxygens (including phenoxy) is 1. The van der Waals surface area contributed by atoms with Gasteiger partial charge in [0.2, 0.25) is 0 Å². The van der Waals surface area contributed by atoms with E-state index in [0.29, 0.717) is 35.2 Å². The molecule has 2 atom stereocenters. The number of nitrogens with one attached hydrogen (secondary N) is 1. The molecule has 2 unspecified atom stereocenters. The van der Waals surface area contributed by atoms with Gasteiger partial charge in [-0.25, -0.2) is 0 Å². The average molecular weight is 421 g/mol.